The van der Waals surface area contributed by atoms with Crippen LogP contribution < -0.4 is 5.73 Å². The maximum absolute atomic E-state index is 10.9. The maximum atomic E-state index is 10.9. The molecule has 0 unspecified atom stereocenters. The Balaban J connectivity index is 3.51. The molecule has 0 saturated carbocycles. The summed E-state index contributed by atoms with van der Waals surface area (Å²) < 4.78 is 0. The molecule has 0 heterocycles. The Labute approximate surface area is 81.3 Å². The van der Waals surface area contributed by atoms with Crippen molar-refractivity contribution in [3.8, 4) is 0 Å². The first kappa shape index (κ1) is 12.3. The van der Waals surface area contributed by atoms with Crippen molar-refractivity contribution in [2.75, 3.05) is 13.1 Å². The van der Waals surface area contributed by atoms with Crippen LogP contribution in [-0.2, 0) is 0 Å². The van der Waals surface area contributed by atoms with Crippen LogP contribution in [0.15, 0.2) is 0 Å². The molecule has 2 amide bonds. The van der Waals surface area contributed by atoms with Crippen LogP contribution in [0.3, 0.4) is 0 Å². The fraction of sp³-hybridized carbons (Fsp3) is 0.900. The molecule has 0 rings (SSSR count). The summed E-state index contributed by atoms with van der Waals surface area (Å²) >= 11 is 0. The van der Waals surface area contributed by atoms with Crippen molar-refractivity contribution in [1.82, 2.24) is 4.90 Å². The largest absolute Gasteiger partial charge is 0.351 e. The molecule has 0 aromatic carbocycles. The molecule has 0 aliphatic rings. The molecule has 0 saturated heterocycles. The molecule has 0 aliphatic carbocycles. The van der Waals surface area contributed by atoms with E-state index in [9.17, 15) is 4.79 Å². The molecule has 0 aliphatic heterocycles. The Kier molecular flexibility index (Phi) is 7.45. The number of urea groups is 1. The van der Waals surface area contributed by atoms with Gasteiger partial charge in [-0.1, -0.05) is 33.1 Å². The van der Waals surface area contributed by atoms with Crippen molar-refractivity contribution in [2.45, 2.75) is 46.0 Å². The first-order valence-corrected chi connectivity index (χ1v) is 5.26. The van der Waals surface area contributed by atoms with Crippen molar-refractivity contribution in [1.29, 1.82) is 0 Å². The number of nitrogens with zero attached hydrogens (tertiary/aromatic N) is 1. The second-order valence-corrected chi connectivity index (χ2v) is 3.39. The molecular formula is C10H22N2O. The third-order valence-corrected chi connectivity index (χ3v) is 2.09. The lowest BCUT2D eigenvalue weighted by Gasteiger charge is -2.19. The lowest BCUT2D eigenvalue weighted by molar-refractivity contribution is 0.206. The standard InChI is InChI=1S/C10H22N2O/c1-3-5-6-7-9-12(8-4-2)10(11)13/h3-9H2,1-2H3,(H2,11,13). The Bertz CT molecular complexity index is 137. The minimum atomic E-state index is -0.279. The van der Waals surface area contributed by atoms with Crippen LogP contribution >= 0.6 is 0 Å². The van der Waals surface area contributed by atoms with E-state index in [1.54, 1.807) is 4.90 Å². The second-order valence-electron chi connectivity index (χ2n) is 3.39. The monoisotopic (exact) mass is 186 g/mol. The van der Waals surface area contributed by atoms with Gasteiger partial charge in [0.2, 0.25) is 0 Å². The molecule has 0 aromatic heterocycles. The van der Waals surface area contributed by atoms with Gasteiger partial charge in [-0.05, 0) is 12.8 Å². The van der Waals surface area contributed by atoms with Crippen LogP contribution in [0.2, 0.25) is 0 Å². The van der Waals surface area contributed by atoms with E-state index >= 15 is 0 Å². The fourth-order valence-corrected chi connectivity index (χ4v) is 1.33. The molecule has 0 radical (unpaired) electrons. The number of hydrogen-bond donors (Lipinski definition) is 1. The van der Waals surface area contributed by atoms with E-state index in [1.165, 1.54) is 19.3 Å². The lowest BCUT2D eigenvalue weighted by atomic mass is 10.2. The van der Waals surface area contributed by atoms with Crippen LogP contribution in [0.1, 0.15) is 46.0 Å². The summed E-state index contributed by atoms with van der Waals surface area (Å²) in [5.74, 6) is 0. The van der Waals surface area contributed by atoms with Gasteiger partial charge in [-0.2, -0.15) is 0 Å². The van der Waals surface area contributed by atoms with Gasteiger partial charge in [0, 0.05) is 13.1 Å². The molecule has 0 aromatic rings. The van der Waals surface area contributed by atoms with Gasteiger partial charge in [-0.15, -0.1) is 0 Å². The molecule has 0 bridgehead atoms. The highest BCUT2D eigenvalue weighted by Crippen LogP contribution is 2.01. The highest BCUT2D eigenvalue weighted by molar-refractivity contribution is 5.71. The summed E-state index contributed by atoms with van der Waals surface area (Å²) in [6, 6.07) is -0.279. The number of nitrogens with two attached hydrogens (primary N) is 1. The number of carbonyl (C=O) groups is 1. The average Bonchev–Trinajstić information content (AvgIpc) is 2.10. The normalized spacial score (nSPS) is 10.0. The lowest BCUT2D eigenvalue weighted by Crippen LogP contribution is -2.36. The second kappa shape index (κ2) is 7.90. The van der Waals surface area contributed by atoms with Crippen LogP contribution in [0.5, 0.6) is 0 Å². The third-order valence-electron chi connectivity index (χ3n) is 2.09. The Hall–Kier alpha value is -0.730. The summed E-state index contributed by atoms with van der Waals surface area (Å²) in [5, 5.41) is 0. The van der Waals surface area contributed by atoms with Gasteiger partial charge in [-0.3, -0.25) is 0 Å². The number of carbonyl (C=O) groups excluding carboxylic acids is 1. The van der Waals surface area contributed by atoms with Crippen LogP contribution in [0.4, 0.5) is 4.79 Å². The topological polar surface area (TPSA) is 46.3 Å². The zero-order valence-corrected chi connectivity index (χ0v) is 8.88. The van der Waals surface area contributed by atoms with Crippen LogP contribution in [0, 0.1) is 0 Å². The maximum Gasteiger partial charge on any atom is 0.314 e. The van der Waals surface area contributed by atoms with Crippen molar-refractivity contribution in [2.24, 2.45) is 5.73 Å². The number of unbranched alkanes of at least 4 members (excludes halogenated alkanes) is 3. The predicted octanol–water partition coefficient (Wildman–Crippen LogP) is 2.36. The number of amides is 2. The fourth-order valence-electron chi connectivity index (χ4n) is 1.33. The van der Waals surface area contributed by atoms with E-state index in [2.05, 4.69) is 13.8 Å². The van der Waals surface area contributed by atoms with E-state index in [1.807, 2.05) is 0 Å². The van der Waals surface area contributed by atoms with Crippen LogP contribution in [0.25, 0.3) is 0 Å². The Morgan fingerprint density at radius 3 is 2.23 bits per heavy atom. The molecule has 0 fully saturated rings. The molecule has 3 nitrogen and oxygen atoms in total. The van der Waals surface area contributed by atoms with E-state index in [0.29, 0.717) is 0 Å². The summed E-state index contributed by atoms with van der Waals surface area (Å²) in [7, 11) is 0. The number of rotatable bonds is 7. The minimum Gasteiger partial charge on any atom is -0.351 e. The quantitative estimate of drug-likeness (QED) is 0.609. The first-order chi connectivity index (χ1) is 6.22. The van der Waals surface area contributed by atoms with Crippen molar-refractivity contribution in [3.05, 3.63) is 0 Å². The van der Waals surface area contributed by atoms with Gasteiger partial charge < -0.3 is 10.6 Å². The van der Waals surface area contributed by atoms with Crippen molar-refractivity contribution >= 4 is 6.03 Å². The summed E-state index contributed by atoms with van der Waals surface area (Å²) in [4.78, 5) is 12.6. The summed E-state index contributed by atoms with van der Waals surface area (Å²) in [6.45, 7) is 5.85. The zero-order valence-electron chi connectivity index (χ0n) is 8.88. The Morgan fingerprint density at radius 2 is 1.77 bits per heavy atom. The molecule has 0 spiro atoms. The number of primary amides is 1. The molecule has 13 heavy (non-hydrogen) atoms. The summed E-state index contributed by atoms with van der Waals surface area (Å²) in [5.41, 5.74) is 5.22. The first-order valence-electron chi connectivity index (χ1n) is 5.26. The van der Waals surface area contributed by atoms with Gasteiger partial charge in [0.25, 0.3) is 0 Å². The number of hydrogen-bond acceptors (Lipinski definition) is 1. The van der Waals surface area contributed by atoms with Gasteiger partial charge in [0.1, 0.15) is 0 Å². The molecule has 2 N–H and O–H groups in total. The molecule has 78 valence electrons. The van der Waals surface area contributed by atoms with Gasteiger partial charge >= 0.3 is 6.03 Å². The SMILES string of the molecule is CCCCCCN(CCC)C(N)=O. The zero-order chi connectivity index (χ0) is 10.1. The molecule has 3 heteroatoms. The van der Waals surface area contributed by atoms with Crippen molar-refractivity contribution < 1.29 is 4.79 Å². The van der Waals surface area contributed by atoms with E-state index in [4.69, 9.17) is 5.73 Å². The summed E-state index contributed by atoms with van der Waals surface area (Å²) in [6.07, 6.45) is 5.74. The smallest absolute Gasteiger partial charge is 0.314 e. The van der Waals surface area contributed by atoms with E-state index < -0.39 is 0 Å². The Morgan fingerprint density at radius 1 is 1.08 bits per heavy atom. The molecular weight excluding hydrogens is 164 g/mol. The predicted molar refractivity (Wildman–Crippen MR) is 55.6 cm³/mol. The van der Waals surface area contributed by atoms with E-state index in [-0.39, 0.29) is 6.03 Å². The minimum absolute atomic E-state index is 0.279. The highest BCUT2D eigenvalue weighted by Gasteiger charge is 2.06. The van der Waals surface area contributed by atoms with Gasteiger partial charge in [-0.25, -0.2) is 4.79 Å². The third kappa shape index (κ3) is 6.43. The van der Waals surface area contributed by atoms with Crippen LogP contribution in [-0.4, -0.2) is 24.0 Å². The van der Waals surface area contributed by atoms with Gasteiger partial charge in [0.15, 0.2) is 0 Å². The average molecular weight is 186 g/mol. The molecule has 0 atom stereocenters. The van der Waals surface area contributed by atoms with E-state index in [0.717, 1.165) is 25.9 Å². The van der Waals surface area contributed by atoms with Crippen molar-refractivity contribution in [3.63, 3.8) is 0 Å². The van der Waals surface area contributed by atoms with Gasteiger partial charge in [0.05, 0.1) is 0 Å². The highest BCUT2D eigenvalue weighted by atomic mass is 16.2.